The van der Waals surface area contributed by atoms with E-state index in [1.54, 1.807) is 0 Å². The van der Waals surface area contributed by atoms with E-state index in [4.69, 9.17) is 0 Å². The van der Waals surface area contributed by atoms with E-state index in [0.29, 0.717) is 17.2 Å². The van der Waals surface area contributed by atoms with Crippen molar-refractivity contribution < 1.29 is 9.36 Å². The fourth-order valence-corrected chi connectivity index (χ4v) is 4.64. The zero-order valence-corrected chi connectivity index (χ0v) is 18.8. The van der Waals surface area contributed by atoms with Gasteiger partial charge in [0.25, 0.3) is 0 Å². The molecule has 2 N–H and O–H groups in total. The third-order valence-corrected chi connectivity index (χ3v) is 6.33. The van der Waals surface area contributed by atoms with Crippen molar-refractivity contribution in [2.75, 3.05) is 0 Å². The van der Waals surface area contributed by atoms with Crippen molar-refractivity contribution in [3.8, 4) is 5.82 Å². The van der Waals surface area contributed by atoms with Gasteiger partial charge in [0.2, 0.25) is 5.91 Å². The molecule has 5 rings (SSSR count). The fraction of sp³-hybridized carbons (Fsp3) is 0.120. The smallest absolute Gasteiger partial charge is 0.340 e. The third kappa shape index (κ3) is 4.20. The maximum absolute atomic E-state index is 12.5. The number of amides is 1. The van der Waals surface area contributed by atoms with Crippen molar-refractivity contribution in [2.24, 2.45) is 5.10 Å². The van der Waals surface area contributed by atoms with Crippen LogP contribution in [0.15, 0.2) is 83.0 Å². The van der Waals surface area contributed by atoms with Crippen LogP contribution in [0.1, 0.15) is 16.9 Å². The molecule has 0 aliphatic heterocycles. The van der Waals surface area contributed by atoms with Crippen molar-refractivity contribution >= 4 is 45.3 Å². The number of nitrogens with zero attached hydrogens (tertiary/aromatic N) is 3. The first-order valence-corrected chi connectivity index (χ1v) is 11.4. The number of aromatic nitrogens is 3. The predicted molar refractivity (Wildman–Crippen MR) is 131 cm³/mol. The molecule has 7 nitrogen and oxygen atoms in total. The number of pyridine rings is 1. The summed E-state index contributed by atoms with van der Waals surface area (Å²) >= 11 is 1.04. The Kier molecular flexibility index (Phi) is 5.58. The molecule has 0 atom stereocenters. The van der Waals surface area contributed by atoms with Crippen LogP contribution < -0.4 is 14.9 Å². The van der Waals surface area contributed by atoms with Crippen LogP contribution in [-0.4, -0.2) is 21.7 Å². The molecule has 0 radical (unpaired) electrons. The van der Waals surface area contributed by atoms with E-state index in [-0.39, 0.29) is 17.2 Å². The predicted octanol–water partition coefficient (Wildman–Crippen LogP) is 3.67. The average Bonchev–Trinajstić information content (AvgIpc) is 3.36. The Bertz CT molecular complexity index is 1490. The van der Waals surface area contributed by atoms with Crippen LogP contribution in [0, 0.1) is 6.92 Å². The number of carbonyl (C=O) groups is 1. The molecule has 5 aromatic rings. The molecule has 0 aliphatic carbocycles. The highest BCUT2D eigenvalue weighted by molar-refractivity contribution is 7.11. The van der Waals surface area contributed by atoms with Gasteiger partial charge in [0, 0.05) is 34.8 Å². The Labute approximate surface area is 193 Å². The number of benzene rings is 2. The highest BCUT2D eigenvalue weighted by Gasteiger charge is 2.16. The van der Waals surface area contributed by atoms with Gasteiger partial charge in [-0.15, -0.1) is 0 Å². The summed E-state index contributed by atoms with van der Waals surface area (Å²) in [5.74, 6) is 0.425. The second-order valence-electron chi connectivity index (χ2n) is 7.74. The monoisotopic (exact) mass is 456 g/mol. The van der Waals surface area contributed by atoms with Crippen LogP contribution in [0.4, 0.5) is 0 Å². The van der Waals surface area contributed by atoms with Crippen molar-refractivity contribution in [1.29, 1.82) is 0 Å². The molecule has 0 bridgehead atoms. The van der Waals surface area contributed by atoms with Crippen molar-refractivity contribution in [3.05, 3.63) is 93.2 Å². The van der Waals surface area contributed by atoms with Gasteiger partial charge in [0.15, 0.2) is 0 Å². The molecule has 3 aromatic heterocycles. The fourth-order valence-electron chi connectivity index (χ4n) is 3.94. The highest BCUT2D eigenvalue weighted by atomic mass is 32.1. The van der Waals surface area contributed by atoms with E-state index < -0.39 is 0 Å². The Hall–Kier alpha value is -4.04. The molecule has 0 fully saturated rings. The SMILES string of the molecule is Cc1cc[n+](-c2[nH]c(=O)sc2C=NNC(=O)CCn2c3ccccc3c3ccccc32)cc1. The molecule has 0 saturated heterocycles. The number of aromatic amines is 1. The van der Waals surface area contributed by atoms with Crippen molar-refractivity contribution in [3.63, 3.8) is 0 Å². The summed E-state index contributed by atoms with van der Waals surface area (Å²) in [6.45, 7) is 2.54. The molecule has 0 saturated carbocycles. The number of H-pyrrole nitrogens is 1. The zero-order chi connectivity index (χ0) is 22.8. The van der Waals surface area contributed by atoms with Gasteiger partial charge in [-0.2, -0.15) is 10.1 Å². The van der Waals surface area contributed by atoms with E-state index >= 15 is 0 Å². The van der Waals surface area contributed by atoms with Crippen LogP contribution in [0.3, 0.4) is 0 Å². The highest BCUT2D eigenvalue weighted by Crippen LogP contribution is 2.28. The topological polar surface area (TPSA) is 83.1 Å². The summed E-state index contributed by atoms with van der Waals surface area (Å²) in [4.78, 5) is 27.7. The third-order valence-electron chi connectivity index (χ3n) is 5.52. The van der Waals surface area contributed by atoms with Crippen molar-refractivity contribution in [1.82, 2.24) is 15.0 Å². The van der Waals surface area contributed by atoms with Gasteiger partial charge in [-0.05, 0) is 48.1 Å². The summed E-state index contributed by atoms with van der Waals surface area (Å²) in [6, 6.07) is 20.3. The second kappa shape index (κ2) is 8.84. The van der Waals surface area contributed by atoms with E-state index in [2.05, 4.69) is 44.3 Å². The van der Waals surface area contributed by atoms with E-state index in [9.17, 15) is 9.59 Å². The lowest BCUT2D eigenvalue weighted by atomic mass is 10.2. The molecule has 0 spiro atoms. The van der Waals surface area contributed by atoms with E-state index in [1.165, 1.54) is 17.0 Å². The maximum Gasteiger partial charge on any atom is 0.390 e. The molecule has 33 heavy (non-hydrogen) atoms. The minimum Gasteiger partial charge on any atom is -0.340 e. The molecule has 0 aliphatic rings. The lowest BCUT2D eigenvalue weighted by Gasteiger charge is -2.06. The first kappa shape index (κ1) is 20.8. The number of nitrogens with one attached hydrogen (secondary N) is 2. The summed E-state index contributed by atoms with van der Waals surface area (Å²) < 4.78 is 3.98. The van der Waals surface area contributed by atoms with Crippen LogP contribution in [0.5, 0.6) is 0 Å². The number of thiazole rings is 1. The Morgan fingerprint density at radius 1 is 1.06 bits per heavy atom. The first-order valence-electron chi connectivity index (χ1n) is 10.6. The van der Waals surface area contributed by atoms with Gasteiger partial charge in [-0.1, -0.05) is 36.4 Å². The van der Waals surface area contributed by atoms with Crippen LogP contribution in [0.25, 0.3) is 27.6 Å². The van der Waals surface area contributed by atoms with Gasteiger partial charge < -0.3 is 4.57 Å². The number of hydrogen-bond acceptors (Lipinski definition) is 4. The maximum atomic E-state index is 12.5. The lowest BCUT2D eigenvalue weighted by Crippen LogP contribution is -2.32. The Morgan fingerprint density at radius 3 is 2.36 bits per heavy atom. The molecule has 8 heteroatoms. The normalized spacial score (nSPS) is 11.5. The minimum absolute atomic E-state index is 0.183. The summed E-state index contributed by atoms with van der Waals surface area (Å²) in [5, 5.41) is 6.44. The molecule has 2 aromatic carbocycles. The van der Waals surface area contributed by atoms with Gasteiger partial charge in [-0.3, -0.25) is 4.79 Å². The number of rotatable bonds is 6. The standard InChI is InChI=1S/C25H21N5O2S/c1-17-10-13-29(14-11-17)24-22(33-25(32)27-24)16-26-28-23(31)12-15-30-20-8-4-2-6-18(20)19-7-3-5-9-21(19)30/h2-11,13-14,16H,12,15H2,1H3,(H-,26,27,28,31,32)/p+1. The lowest BCUT2D eigenvalue weighted by molar-refractivity contribution is -0.599. The van der Waals surface area contributed by atoms with Gasteiger partial charge in [0.05, 0.1) is 18.6 Å². The number of fused-ring (bicyclic) bond motifs is 3. The molecule has 0 unspecified atom stereocenters. The number of aryl methyl sites for hydroxylation is 2. The molecular formula is C25H22N5O2S+. The number of hydrogen-bond donors (Lipinski definition) is 2. The Morgan fingerprint density at radius 2 is 1.70 bits per heavy atom. The number of hydrazone groups is 1. The first-order chi connectivity index (χ1) is 16.1. The van der Waals surface area contributed by atoms with Crippen LogP contribution in [-0.2, 0) is 11.3 Å². The summed E-state index contributed by atoms with van der Waals surface area (Å²) in [6.07, 6.45) is 5.52. The van der Waals surface area contributed by atoms with Gasteiger partial charge in [-0.25, -0.2) is 14.8 Å². The van der Waals surface area contributed by atoms with Gasteiger partial charge >= 0.3 is 10.7 Å². The van der Waals surface area contributed by atoms with Gasteiger partial charge in [0.1, 0.15) is 4.88 Å². The van der Waals surface area contributed by atoms with E-state index in [0.717, 1.165) is 27.9 Å². The van der Waals surface area contributed by atoms with Crippen LogP contribution in [0.2, 0.25) is 0 Å². The number of carbonyl (C=O) groups excluding carboxylic acids is 1. The second-order valence-corrected chi connectivity index (χ2v) is 8.75. The Balaban J connectivity index is 1.30. The number of para-hydroxylation sites is 2. The van der Waals surface area contributed by atoms with E-state index in [1.807, 2.05) is 60.3 Å². The molecule has 3 heterocycles. The summed E-state index contributed by atoms with van der Waals surface area (Å²) in [5.41, 5.74) is 5.91. The minimum atomic E-state index is -0.194. The van der Waals surface area contributed by atoms with Crippen LogP contribution >= 0.6 is 11.3 Å². The van der Waals surface area contributed by atoms with Crippen molar-refractivity contribution in [2.45, 2.75) is 19.9 Å². The molecule has 1 amide bonds. The summed E-state index contributed by atoms with van der Waals surface area (Å²) in [7, 11) is 0. The quantitative estimate of drug-likeness (QED) is 0.232. The molecule has 164 valence electrons. The largest absolute Gasteiger partial charge is 0.390 e. The zero-order valence-electron chi connectivity index (χ0n) is 18.0. The molecular weight excluding hydrogens is 434 g/mol. The average molecular weight is 457 g/mol.